The van der Waals surface area contributed by atoms with Gasteiger partial charge in [0.05, 0.1) is 0 Å². The second kappa shape index (κ2) is 5.58. The lowest BCUT2D eigenvalue weighted by Crippen LogP contribution is -2.06. The Bertz CT molecular complexity index is 849. The van der Waals surface area contributed by atoms with Crippen molar-refractivity contribution in [2.45, 2.75) is 19.4 Å². The van der Waals surface area contributed by atoms with E-state index in [0.717, 1.165) is 12.2 Å². The van der Waals surface area contributed by atoms with Gasteiger partial charge >= 0.3 is 0 Å². The number of hydrogen-bond acceptors (Lipinski definition) is 1. The van der Waals surface area contributed by atoms with Crippen LogP contribution in [0.3, 0.4) is 0 Å². The largest absolute Gasteiger partial charge is 0.489 e. The highest BCUT2D eigenvalue weighted by Gasteiger charge is 2.24. The molecule has 0 amide bonds. The number of aryl methyl sites for hydroxylation is 1. The molecule has 1 nitrogen and oxygen atoms in total. The summed E-state index contributed by atoms with van der Waals surface area (Å²) in [4.78, 5) is 0. The van der Waals surface area contributed by atoms with Crippen LogP contribution in [0.25, 0.3) is 22.3 Å². The van der Waals surface area contributed by atoms with E-state index in [2.05, 4.69) is 74.5 Å². The van der Waals surface area contributed by atoms with Gasteiger partial charge in [0, 0.05) is 12.0 Å². The smallest absolute Gasteiger partial charge is 0.130 e. The van der Waals surface area contributed by atoms with E-state index >= 15 is 0 Å². The van der Waals surface area contributed by atoms with Crippen molar-refractivity contribution in [1.82, 2.24) is 0 Å². The normalized spacial score (nSPS) is 16.0. The Morgan fingerprint density at radius 1 is 0.870 bits per heavy atom. The molecule has 113 valence electrons. The molecular formula is C22H19O. The van der Waals surface area contributed by atoms with Crippen LogP contribution in [0.4, 0.5) is 0 Å². The summed E-state index contributed by atoms with van der Waals surface area (Å²) in [6.07, 6.45) is 0.869. The summed E-state index contributed by atoms with van der Waals surface area (Å²) < 4.78 is 6.03. The number of benzene rings is 3. The molecule has 1 aliphatic rings. The minimum atomic E-state index is -0.00112. The standard InChI is InChI=1S/C22H19O/c1-15-8-6-7-11-20(15)21-14-18(17-9-4-3-5-10-17)13-19-12-16(2)23-22(19)21/h3-11,13-14,16H,2,12H2,1H3. The van der Waals surface area contributed by atoms with Crippen LogP contribution in [0.15, 0.2) is 66.7 Å². The van der Waals surface area contributed by atoms with Gasteiger partial charge in [-0.2, -0.15) is 0 Å². The highest BCUT2D eigenvalue weighted by molar-refractivity contribution is 5.81. The molecule has 0 saturated heterocycles. The summed E-state index contributed by atoms with van der Waals surface area (Å²) in [5, 5.41) is 0. The molecule has 1 heteroatoms. The molecule has 1 heterocycles. The van der Waals surface area contributed by atoms with Crippen LogP contribution in [0.2, 0.25) is 0 Å². The predicted molar refractivity (Wildman–Crippen MR) is 95.5 cm³/mol. The Morgan fingerprint density at radius 2 is 1.61 bits per heavy atom. The third-order valence-corrected chi connectivity index (χ3v) is 4.44. The molecule has 0 aromatic heterocycles. The quantitative estimate of drug-likeness (QED) is 0.610. The van der Waals surface area contributed by atoms with Crippen molar-refractivity contribution >= 4 is 0 Å². The molecule has 0 spiro atoms. The summed E-state index contributed by atoms with van der Waals surface area (Å²) in [6, 6.07) is 23.5. The minimum absolute atomic E-state index is 0.00112. The first-order valence-corrected chi connectivity index (χ1v) is 8.00. The molecule has 23 heavy (non-hydrogen) atoms. The van der Waals surface area contributed by atoms with Gasteiger partial charge in [0.1, 0.15) is 11.9 Å². The first-order chi connectivity index (χ1) is 11.2. The summed E-state index contributed by atoms with van der Waals surface area (Å²) >= 11 is 0. The van der Waals surface area contributed by atoms with Crippen molar-refractivity contribution in [1.29, 1.82) is 0 Å². The van der Waals surface area contributed by atoms with E-state index in [1.54, 1.807) is 0 Å². The molecule has 0 saturated carbocycles. The maximum atomic E-state index is 6.03. The van der Waals surface area contributed by atoms with Crippen LogP contribution in [0, 0.1) is 13.8 Å². The highest BCUT2D eigenvalue weighted by Crippen LogP contribution is 2.42. The molecule has 3 aromatic rings. The Morgan fingerprint density at radius 3 is 2.39 bits per heavy atom. The van der Waals surface area contributed by atoms with Crippen LogP contribution >= 0.6 is 0 Å². The van der Waals surface area contributed by atoms with Crippen LogP contribution in [-0.4, -0.2) is 6.10 Å². The zero-order chi connectivity index (χ0) is 15.8. The Balaban J connectivity index is 1.95. The molecule has 1 radical (unpaired) electrons. The van der Waals surface area contributed by atoms with E-state index in [1.807, 2.05) is 6.07 Å². The van der Waals surface area contributed by atoms with Gasteiger partial charge in [0.25, 0.3) is 0 Å². The molecule has 0 fully saturated rings. The number of rotatable bonds is 2. The summed E-state index contributed by atoms with van der Waals surface area (Å²) in [6.45, 7) is 6.24. The monoisotopic (exact) mass is 299 g/mol. The van der Waals surface area contributed by atoms with Crippen molar-refractivity contribution in [3.05, 3.63) is 84.8 Å². The summed E-state index contributed by atoms with van der Waals surface area (Å²) in [5.74, 6) is 0.999. The second-order valence-electron chi connectivity index (χ2n) is 6.14. The van der Waals surface area contributed by atoms with E-state index in [4.69, 9.17) is 4.74 Å². The van der Waals surface area contributed by atoms with Crippen LogP contribution in [0.5, 0.6) is 5.75 Å². The van der Waals surface area contributed by atoms with E-state index in [9.17, 15) is 0 Å². The highest BCUT2D eigenvalue weighted by atomic mass is 16.5. The molecule has 1 aliphatic heterocycles. The Kier molecular flexibility index (Phi) is 3.42. The number of fused-ring (bicyclic) bond motifs is 1. The van der Waals surface area contributed by atoms with Crippen LogP contribution in [-0.2, 0) is 6.42 Å². The van der Waals surface area contributed by atoms with Gasteiger partial charge in [0.15, 0.2) is 0 Å². The van der Waals surface area contributed by atoms with Gasteiger partial charge in [-0.25, -0.2) is 0 Å². The lowest BCUT2D eigenvalue weighted by atomic mass is 9.92. The van der Waals surface area contributed by atoms with Gasteiger partial charge in [0.2, 0.25) is 0 Å². The SMILES string of the molecule is [CH2]C1Cc2cc(-c3ccccc3)cc(-c3ccccc3C)c2O1. The topological polar surface area (TPSA) is 9.23 Å². The lowest BCUT2D eigenvalue weighted by molar-refractivity contribution is 0.282. The molecule has 3 aromatic carbocycles. The molecular weight excluding hydrogens is 280 g/mol. The van der Waals surface area contributed by atoms with Gasteiger partial charge in [-0.1, -0.05) is 54.6 Å². The maximum absolute atomic E-state index is 6.03. The average molecular weight is 299 g/mol. The Labute approximate surface area is 137 Å². The third-order valence-electron chi connectivity index (χ3n) is 4.44. The molecule has 4 rings (SSSR count). The van der Waals surface area contributed by atoms with Crippen LogP contribution in [0.1, 0.15) is 11.1 Å². The van der Waals surface area contributed by atoms with Gasteiger partial charge in [-0.15, -0.1) is 0 Å². The van der Waals surface area contributed by atoms with E-state index < -0.39 is 0 Å². The maximum Gasteiger partial charge on any atom is 0.130 e. The van der Waals surface area contributed by atoms with Gasteiger partial charge < -0.3 is 4.74 Å². The summed E-state index contributed by atoms with van der Waals surface area (Å²) in [5.41, 5.74) is 7.39. The Hall–Kier alpha value is -2.54. The van der Waals surface area contributed by atoms with E-state index in [1.165, 1.54) is 33.4 Å². The fraction of sp³-hybridized carbons (Fsp3) is 0.136. The average Bonchev–Trinajstić information content (AvgIpc) is 2.95. The van der Waals surface area contributed by atoms with Crippen molar-refractivity contribution in [2.24, 2.45) is 0 Å². The number of hydrogen-bond donors (Lipinski definition) is 0. The first kappa shape index (κ1) is 14.1. The molecule has 1 unspecified atom stereocenters. The molecule has 0 bridgehead atoms. The van der Waals surface area contributed by atoms with Crippen molar-refractivity contribution < 1.29 is 4.74 Å². The fourth-order valence-electron chi connectivity index (χ4n) is 3.31. The lowest BCUT2D eigenvalue weighted by Gasteiger charge is -2.14. The molecule has 1 atom stereocenters. The van der Waals surface area contributed by atoms with Gasteiger partial charge in [-0.3, -0.25) is 0 Å². The van der Waals surface area contributed by atoms with Crippen molar-refractivity contribution in [3.8, 4) is 28.0 Å². The van der Waals surface area contributed by atoms with E-state index in [-0.39, 0.29) is 6.10 Å². The zero-order valence-electron chi connectivity index (χ0n) is 13.3. The predicted octanol–water partition coefficient (Wildman–Crippen LogP) is 5.47. The fourth-order valence-corrected chi connectivity index (χ4v) is 3.31. The summed E-state index contributed by atoms with van der Waals surface area (Å²) in [7, 11) is 0. The first-order valence-electron chi connectivity index (χ1n) is 8.00. The third kappa shape index (κ3) is 2.53. The molecule has 0 N–H and O–H groups in total. The number of ether oxygens (including phenoxy) is 1. The zero-order valence-corrected chi connectivity index (χ0v) is 13.3. The van der Waals surface area contributed by atoms with Crippen molar-refractivity contribution in [3.63, 3.8) is 0 Å². The van der Waals surface area contributed by atoms with E-state index in [0.29, 0.717) is 0 Å². The van der Waals surface area contributed by atoms with Crippen LogP contribution < -0.4 is 4.74 Å². The van der Waals surface area contributed by atoms with Gasteiger partial charge in [-0.05, 0) is 53.8 Å². The minimum Gasteiger partial charge on any atom is -0.489 e. The molecule has 0 aliphatic carbocycles. The second-order valence-corrected chi connectivity index (χ2v) is 6.14. The van der Waals surface area contributed by atoms with Crippen molar-refractivity contribution in [2.75, 3.05) is 0 Å².